The first-order valence-corrected chi connectivity index (χ1v) is 8.39. The second kappa shape index (κ2) is 10.6. The van der Waals surface area contributed by atoms with Crippen LogP contribution in [-0.4, -0.2) is 13.0 Å². The predicted molar refractivity (Wildman–Crippen MR) is 94.7 cm³/mol. The lowest BCUT2D eigenvalue weighted by atomic mass is 9.55. The fourth-order valence-corrected chi connectivity index (χ4v) is 2.17. The first kappa shape index (κ1) is 21.8. The van der Waals surface area contributed by atoms with Crippen molar-refractivity contribution >= 4 is 13.0 Å². The second-order valence-electron chi connectivity index (χ2n) is 6.88. The van der Waals surface area contributed by atoms with E-state index >= 15 is 0 Å². The van der Waals surface area contributed by atoms with E-state index in [2.05, 4.69) is 27.7 Å². The zero-order valence-electron chi connectivity index (χ0n) is 15.5. The topological polar surface area (TPSA) is 17.1 Å². The van der Waals surface area contributed by atoms with Crippen molar-refractivity contribution in [3.63, 3.8) is 0 Å². The van der Waals surface area contributed by atoms with Gasteiger partial charge in [0.25, 0.3) is 0 Å². The van der Waals surface area contributed by atoms with Crippen molar-refractivity contribution in [3.8, 4) is 0 Å². The molecule has 0 aliphatic heterocycles. The molecule has 23 heavy (non-hydrogen) atoms. The molecule has 1 rings (SSSR count). The lowest BCUT2D eigenvalue weighted by Crippen LogP contribution is -2.21. The van der Waals surface area contributed by atoms with Crippen molar-refractivity contribution in [3.05, 3.63) is 35.4 Å². The van der Waals surface area contributed by atoms with Crippen LogP contribution in [0.4, 0.5) is 8.78 Å². The Hall–Kier alpha value is -1.19. The van der Waals surface area contributed by atoms with E-state index in [-0.39, 0.29) is 17.4 Å². The van der Waals surface area contributed by atoms with Crippen LogP contribution in [0.5, 0.6) is 0 Å². The molecule has 0 aromatic heterocycles. The van der Waals surface area contributed by atoms with E-state index in [9.17, 15) is 13.6 Å². The molecular formula is C19H30BF2O. The molecule has 0 aliphatic rings. The van der Waals surface area contributed by atoms with Crippen molar-refractivity contribution < 1.29 is 13.6 Å². The van der Waals surface area contributed by atoms with Gasteiger partial charge in [-0.2, -0.15) is 0 Å². The van der Waals surface area contributed by atoms with Crippen molar-refractivity contribution in [2.45, 2.75) is 60.7 Å². The summed E-state index contributed by atoms with van der Waals surface area (Å²) in [6.07, 6.45) is 1.32. The minimum Gasteiger partial charge on any atom is -0.312 e. The molecule has 129 valence electrons. The van der Waals surface area contributed by atoms with Gasteiger partial charge in [0.2, 0.25) is 7.28 Å². The molecule has 2 unspecified atom stereocenters. The van der Waals surface area contributed by atoms with E-state index in [1.807, 2.05) is 13.8 Å². The first-order chi connectivity index (χ1) is 10.6. The Labute approximate surface area is 141 Å². The van der Waals surface area contributed by atoms with E-state index in [0.29, 0.717) is 5.56 Å². The fraction of sp³-hybridized carbons (Fsp3) is 0.632. The van der Waals surface area contributed by atoms with Crippen LogP contribution in [0.3, 0.4) is 0 Å². The van der Waals surface area contributed by atoms with Gasteiger partial charge in [-0.1, -0.05) is 48.0 Å². The summed E-state index contributed by atoms with van der Waals surface area (Å²) in [6.45, 7) is 14.3. The van der Waals surface area contributed by atoms with Crippen LogP contribution >= 0.6 is 0 Å². The summed E-state index contributed by atoms with van der Waals surface area (Å²) >= 11 is 0. The molecule has 0 heterocycles. The average molecular weight is 323 g/mol. The van der Waals surface area contributed by atoms with Gasteiger partial charge in [0.15, 0.2) is 0 Å². The first-order valence-electron chi connectivity index (χ1n) is 8.39. The zero-order valence-corrected chi connectivity index (χ0v) is 15.5. The fourth-order valence-electron chi connectivity index (χ4n) is 2.17. The van der Waals surface area contributed by atoms with Gasteiger partial charge < -0.3 is 4.79 Å². The minimum atomic E-state index is -0.613. The molecule has 0 saturated heterocycles. The Balaban J connectivity index is 0.000000585. The molecule has 0 saturated carbocycles. The lowest BCUT2D eigenvalue weighted by Gasteiger charge is -2.19. The summed E-state index contributed by atoms with van der Waals surface area (Å²) in [4.78, 5) is 11.1. The van der Waals surface area contributed by atoms with Gasteiger partial charge in [-0.15, -0.1) is 0 Å². The van der Waals surface area contributed by atoms with Crippen LogP contribution in [0.1, 0.15) is 66.3 Å². The van der Waals surface area contributed by atoms with E-state index in [1.54, 1.807) is 0 Å². The maximum atomic E-state index is 13.1. The van der Waals surface area contributed by atoms with E-state index < -0.39 is 11.6 Å². The van der Waals surface area contributed by atoms with Gasteiger partial charge >= 0.3 is 0 Å². The maximum Gasteiger partial charge on any atom is 0.210 e. The number of rotatable bonds is 6. The number of carbonyl (C=O) groups is 1. The number of halogens is 2. The molecule has 0 fully saturated rings. The summed E-state index contributed by atoms with van der Waals surface area (Å²) in [5.74, 6) is 0.410. The van der Waals surface area contributed by atoms with Crippen LogP contribution < -0.4 is 0 Å². The van der Waals surface area contributed by atoms with Gasteiger partial charge in [-0.05, 0) is 48.2 Å². The van der Waals surface area contributed by atoms with Crippen LogP contribution in [0, 0.1) is 29.4 Å². The van der Waals surface area contributed by atoms with Crippen molar-refractivity contribution in [2.24, 2.45) is 17.8 Å². The SMILES string of the molecule is CC(=O)[B]C(c1cc(F)cc(F)c1)C(C)C.CCC(C)C(C)C. The normalized spacial score (nSPS) is 13.3. The number of hydrogen-bond acceptors (Lipinski definition) is 1. The predicted octanol–water partition coefficient (Wildman–Crippen LogP) is 5.60. The standard InChI is InChI=1S/C12H14BF2O.C7H16/c1-7(2)12(13-8(3)16)9-4-10(14)6-11(15)5-9;1-5-7(4)6(2)3/h4-7,12H,1-3H3;6-7H,5H2,1-4H3. The highest BCUT2D eigenvalue weighted by atomic mass is 19.1. The molecule has 1 aromatic carbocycles. The summed E-state index contributed by atoms with van der Waals surface area (Å²) in [7, 11) is 1.50. The van der Waals surface area contributed by atoms with Gasteiger partial charge in [-0.3, -0.25) is 0 Å². The monoisotopic (exact) mass is 323 g/mol. The molecule has 1 aromatic rings. The molecular weight excluding hydrogens is 293 g/mol. The van der Waals surface area contributed by atoms with Crippen molar-refractivity contribution in [1.82, 2.24) is 0 Å². The maximum absolute atomic E-state index is 13.1. The highest BCUT2D eigenvalue weighted by Crippen LogP contribution is 2.25. The summed E-state index contributed by atoms with van der Waals surface area (Å²) in [5.41, 5.74) is 0.408. The third-order valence-electron chi connectivity index (χ3n) is 4.18. The van der Waals surface area contributed by atoms with Crippen LogP contribution in [0.2, 0.25) is 0 Å². The third kappa shape index (κ3) is 8.87. The van der Waals surface area contributed by atoms with Crippen LogP contribution in [0.25, 0.3) is 0 Å². The molecule has 0 aliphatic carbocycles. The van der Waals surface area contributed by atoms with Gasteiger partial charge in [0, 0.05) is 6.07 Å². The van der Waals surface area contributed by atoms with E-state index in [4.69, 9.17) is 0 Å². The highest BCUT2D eigenvalue weighted by Gasteiger charge is 2.20. The molecule has 0 N–H and O–H groups in total. The number of benzene rings is 1. The van der Waals surface area contributed by atoms with Crippen molar-refractivity contribution in [1.29, 1.82) is 0 Å². The minimum absolute atomic E-state index is 0.0941. The van der Waals surface area contributed by atoms with E-state index in [1.165, 1.54) is 32.8 Å². The summed E-state index contributed by atoms with van der Waals surface area (Å²) < 4.78 is 26.1. The smallest absolute Gasteiger partial charge is 0.210 e. The second-order valence-corrected chi connectivity index (χ2v) is 6.88. The van der Waals surface area contributed by atoms with Gasteiger partial charge in [0.05, 0.1) is 5.68 Å². The zero-order chi connectivity index (χ0) is 18.2. The molecule has 1 nitrogen and oxygen atoms in total. The van der Waals surface area contributed by atoms with Gasteiger partial charge in [-0.25, -0.2) is 8.78 Å². The Kier molecular flexibility index (Phi) is 10.0. The van der Waals surface area contributed by atoms with Gasteiger partial charge in [0.1, 0.15) is 11.6 Å². The Morgan fingerprint density at radius 2 is 1.48 bits per heavy atom. The summed E-state index contributed by atoms with van der Waals surface area (Å²) in [6, 6.07) is 3.37. The molecule has 0 bridgehead atoms. The highest BCUT2D eigenvalue weighted by molar-refractivity contribution is 6.74. The number of carbonyl (C=O) groups excluding carboxylic acids is 1. The largest absolute Gasteiger partial charge is 0.312 e. The van der Waals surface area contributed by atoms with Crippen LogP contribution in [0.15, 0.2) is 18.2 Å². The average Bonchev–Trinajstić information content (AvgIpc) is 2.42. The summed E-state index contributed by atoms with van der Waals surface area (Å²) in [5, 5.41) is 0. The molecule has 0 spiro atoms. The molecule has 4 heteroatoms. The Bertz CT molecular complexity index is 466. The van der Waals surface area contributed by atoms with Crippen LogP contribution in [-0.2, 0) is 4.79 Å². The Morgan fingerprint density at radius 3 is 1.74 bits per heavy atom. The lowest BCUT2D eigenvalue weighted by molar-refractivity contribution is -0.110. The molecule has 1 radical (unpaired) electrons. The third-order valence-corrected chi connectivity index (χ3v) is 4.18. The molecule has 2 atom stereocenters. The Morgan fingerprint density at radius 1 is 1.00 bits per heavy atom. The number of hydrogen-bond donors (Lipinski definition) is 0. The van der Waals surface area contributed by atoms with Crippen molar-refractivity contribution in [2.75, 3.05) is 0 Å². The molecule has 0 amide bonds. The quantitative estimate of drug-likeness (QED) is 0.623. The van der Waals surface area contributed by atoms with E-state index in [0.717, 1.165) is 17.9 Å².